The van der Waals surface area contributed by atoms with Crippen LogP contribution in [0.1, 0.15) is 17.3 Å². The van der Waals surface area contributed by atoms with Crippen LogP contribution < -0.4 is 4.74 Å². The average molecular weight is 328 g/mol. The van der Waals surface area contributed by atoms with E-state index in [1.807, 2.05) is 0 Å². The number of aliphatic hydroxyl groups is 4. The van der Waals surface area contributed by atoms with Crippen LogP contribution in [0.5, 0.6) is 5.75 Å². The van der Waals surface area contributed by atoms with E-state index in [9.17, 15) is 20.1 Å². The molecular formula is C15H20O8. The van der Waals surface area contributed by atoms with Gasteiger partial charge in [-0.25, -0.2) is 4.79 Å². The van der Waals surface area contributed by atoms with Gasteiger partial charge in [-0.3, -0.25) is 0 Å². The Morgan fingerprint density at radius 2 is 1.78 bits per heavy atom. The molecule has 8 heteroatoms. The van der Waals surface area contributed by atoms with Crippen LogP contribution >= 0.6 is 0 Å². The summed E-state index contributed by atoms with van der Waals surface area (Å²) in [6, 6.07) is 5.93. The van der Waals surface area contributed by atoms with Crippen molar-refractivity contribution in [2.75, 3.05) is 13.2 Å². The molecule has 2 rings (SSSR count). The molecule has 0 unspecified atom stereocenters. The molecule has 1 aromatic carbocycles. The Kier molecular flexibility index (Phi) is 5.91. The molecule has 1 fully saturated rings. The zero-order chi connectivity index (χ0) is 17.0. The van der Waals surface area contributed by atoms with Gasteiger partial charge in [-0.15, -0.1) is 0 Å². The second-order valence-corrected chi connectivity index (χ2v) is 5.06. The summed E-state index contributed by atoms with van der Waals surface area (Å²) in [6.45, 7) is 1.43. The SMILES string of the molecule is CCOC(=O)c1ccc(O[C@H]2O[C@H](CO)[C@@H](O)[C@@H](O)[C@@H]2O)cc1. The van der Waals surface area contributed by atoms with Crippen molar-refractivity contribution >= 4 is 5.97 Å². The highest BCUT2D eigenvalue weighted by Gasteiger charge is 2.44. The lowest BCUT2D eigenvalue weighted by Gasteiger charge is -2.39. The molecule has 23 heavy (non-hydrogen) atoms. The first-order valence-electron chi connectivity index (χ1n) is 7.22. The second-order valence-electron chi connectivity index (χ2n) is 5.06. The molecule has 0 aromatic heterocycles. The Labute approximate surface area is 132 Å². The molecule has 0 radical (unpaired) electrons. The molecule has 1 aliphatic rings. The molecule has 0 aliphatic carbocycles. The molecule has 1 saturated heterocycles. The Bertz CT molecular complexity index is 515. The summed E-state index contributed by atoms with van der Waals surface area (Å²) in [6.07, 6.45) is -6.75. The van der Waals surface area contributed by atoms with Crippen molar-refractivity contribution in [1.82, 2.24) is 0 Å². The molecule has 0 spiro atoms. The van der Waals surface area contributed by atoms with Crippen LogP contribution in [0.4, 0.5) is 0 Å². The van der Waals surface area contributed by atoms with Crippen LogP contribution in [0.15, 0.2) is 24.3 Å². The number of carbonyl (C=O) groups is 1. The molecule has 1 heterocycles. The maximum absolute atomic E-state index is 11.5. The van der Waals surface area contributed by atoms with E-state index >= 15 is 0 Å². The smallest absolute Gasteiger partial charge is 0.338 e. The van der Waals surface area contributed by atoms with Crippen molar-refractivity contribution in [2.45, 2.75) is 37.6 Å². The molecule has 5 atom stereocenters. The van der Waals surface area contributed by atoms with Crippen molar-refractivity contribution in [1.29, 1.82) is 0 Å². The number of hydrogen-bond acceptors (Lipinski definition) is 8. The summed E-state index contributed by atoms with van der Waals surface area (Å²) >= 11 is 0. The Morgan fingerprint density at radius 3 is 2.35 bits per heavy atom. The third kappa shape index (κ3) is 3.98. The summed E-state index contributed by atoms with van der Waals surface area (Å²) in [5, 5.41) is 38.4. The fourth-order valence-electron chi connectivity index (χ4n) is 2.18. The lowest BCUT2D eigenvalue weighted by atomic mass is 9.99. The topological polar surface area (TPSA) is 126 Å². The van der Waals surface area contributed by atoms with Crippen LogP contribution in [-0.4, -0.2) is 70.3 Å². The summed E-state index contributed by atoms with van der Waals surface area (Å²) in [7, 11) is 0. The van der Waals surface area contributed by atoms with Gasteiger partial charge >= 0.3 is 5.97 Å². The van der Waals surface area contributed by atoms with Gasteiger partial charge in [0.1, 0.15) is 30.2 Å². The summed E-state index contributed by atoms with van der Waals surface area (Å²) in [5.74, 6) is -0.186. The molecular weight excluding hydrogens is 308 g/mol. The summed E-state index contributed by atoms with van der Waals surface area (Å²) < 4.78 is 15.5. The number of hydrogen-bond donors (Lipinski definition) is 4. The second kappa shape index (κ2) is 7.71. The van der Waals surface area contributed by atoms with Gasteiger partial charge in [-0.2, -0.15) is 0 Å². The van der Waals surface area contributed by atoms with Crippen molar-refractivity contribution in [3.05, 3.63) is 29.8 Å². The number of rotatable bonds is 5. The zero-order valence-corrected chi connectivity index (χ0v) is 12.5. The third-order valence-electron chi connectivity index (χ3n) is 3.47. The van der Waals surface area contributed by atoms with Crippen molar-refractivity contribution in [3.63, 3.8) is 0 Å². The van der Waals surface area contributed by atoms with E-state index in [4.69, 9.17) is 19.3 Å². The van der Waals surface area contributed by atoms with Crippen molar-refractivity contribution in [2.24, 2.45) is 0 Å². The van der Waals surface area contributed by atoms with E-state index in [0.29, 0.717) is 5.56 Å². The number of esters is 1. The van der Waals surface area contributed by atoms with E-state index in [1.54, 1.807) is 6.92 Å². The van der Waals surface area contributed by atoms with Gasteiger partial charge in [0.05, 0.1) is 18.8 Å². The molecule has 0 bridgehead atoms. The van der Waals surface area contributed by atoms with Crippen molar-refractivity contribution in [3.8, 4) is 5.75 Å². The maximum atomic E-state index is 11.5. The van der Waals surface area contributed by atoms with Gasteiger partial charge in [-0.05, 0) is 31.2 Å². The maximum Gasteiger partial charge on any atom is 0.338 e. The van der Waals surface area contributed by atoms with Gasteiger partial charge in [0.15, 0.2) is 0 Å². The van der Waals surface area contributed by atoms with Crippen LogP contribution in [0.3, 0.4) is 0 Å². The van der Waals surface area contributed by atoms with Crippen molar-refractivity contribution < 1.29 is 39.4 Å². The standard InChI is InChI=1S/C15H20O8/c1-2-21-14(20)8-3-5-9(6-4-8)22-15-13(19)12(18)11(17)10(7-16)23-15/h3-6,10-13,15-19H,2,7H2,1H3/t10-,11-,12-,13+,15+/m1/s1. The van der Waals surface area contributed by atoms with Crippen LogP contribution in [0.25, 0.3) is 0 Å². The minimum atomic E-state index is -1.51. The highest BCUT2D eigenvalue weighted by Crippen LogP contribution is 2.24. The Balaban J connectivity index is 2.04. The lowest BCUT2D eigenvalue weighted by Crippen LogP contribution is -2.60. The molecule has 128 valence electrons. The van der Waals surface area contributed by atoms with E-state index in [-0.39, 0.29) is 12.4 Å². The fraction of sp³-hybridized carbons (Fsp3) is 0.533. The number of carbonyl (C=O) groups excluding carboxylic acids is 1. The van der Waals surface area contributed by atoms with Gasteiger partial charge in [0, 0.05) is 0 Å². The molecule has 0 saturated carbocycles. The lowest BCUT2D eigenvalue weighted by molar-refractivity contribution is -0.277. The number of benzene rings is 1. The van der Waals surface area contributed by atoms with E-state index < -0.39 is 43.3 Å². The molecule has 4 N–H and O–H groups in total. The third-order valence-corrected chi connectivity index (χ3v) is 3.47. The minimum Gasteiger partial charge on any atom is -0.462 e. The molecule has 1 aliphatic heterocycles. The van der Waals surface area contributed by atoms with E-state index in [1.165, 1.54) is 24.3 Å². The van der Waals surface area contributed by atoms with E-state index in [2.05, 4.69) is 0 Å². The zero-order valence-electron chi connectivity index (χ0n) is 12.5. The fourth-order valence-corrected chi connectivity index (χ4v) is 2.18. The first kappa shape index (κ1) is 17.6. The Morgan fingerprint density at radius 1 is 1.13 bits per heavy atom. The number of ether oxygens (including phenoxy) is 3. The molecule has 0 amide bonds. The van der Waals surface area contributed by atoms with Gasteiger partial charge < -0.3 is 34.6 Å². The summed E-state index contributed by atoms with van der Waals surface area (Å²) in [4.78, 5) is 11.5. The monoisotopic (exact) mass is 328 g/mol. The molecule has 8 nitrogen and oxygen atoms in total. The predicted molar refractivity (Wildman–Crippen MR) is 76.8 cm³/mol. The Hall–Kier alpha value is -1.71. The highest BCUT2D eigenvalue weighted by atomic mass is 16.7. The summed E-state index contributed by atoms with van der Waals surface area (Å²) in [5.41, 5.74) is 0.341. The molecule has 1 aromatic rings. The van der Waals surface area contributed by atoms with Crippen LogP contribution in [-0.2, 0) is 9.47 Å². The van der Waals surface area contributed by atoms with Crippen LogP contribution in [0.2, 0.25) is 0 Å². The van der Waals surface area contributed by atoms with Crippen LogP contribution in [0, 0.1) is 0 Å². The minimum absolute atomic E-state index is 0.266. The normalized spacial score (nSPS) is 30.7. The first-order valence-corrected chi connectivity index (χ1v) is 7.22. The van der Waals surface area contributed by atoms with Gasteiger partial charge in [0.25, 0.3) is 0 Å². The van der Waals surface area contributed by atoms with E-state index in [0.717, 1.165) is 0 Å². The van der Waals surface area contributed by atoms with Gasteiger partial charge in [-0.1, -0.05) is 0 Å². The number of aliphatic hydroxyl groups excluding tert-OH is 4. The predicted octanol–water partition coefficient (Wildman–Crippen LogP) is -0.958. The quantitative estimate of drug-likeness (QED) is 0.509. The average Bonchev–Trinajstić information content (AvgIpc) is 2.56. The largest absolute Gasteiger partial charge is 0.462 e. The highest BCUT2D eigenvalue weighted by molar-refractivity contribution is 5.89. The first-order chi connectivity index (χ1) is 11.0. The van der Waals surface area contributed by atoms with Gasteiger partial charge in [0.2, 0.25) is 6.29 Å².